The van der Waals surface area contributed by atoms with Gasteiger partial charge in [0, 0.05) is 35.6 Å². The van der Waals surface area contributed by atoms with Crippen LogP contribution < -0.4 is 4.90 Å². The zero-order valence-electron chi connectivity index (χ0n) is 14.2. The molecule has 0 aromatic heterocycles. The van der Waals surface area contributed by atoms with E-state index in [1.54, 1.807) is 6.08 Å². The lowest BCUT2D eigenvalue weighted by Gasteiger charge is -2.23. The number of anilines is 1. The number of rotatable bonds is 7. The van der Waals surface area contributed by atoms with Gasteiger partial charge in [-0.2, -0.15) is 0 Å². The lowest BCUT2D eigenvalue weighted by Crippen LogP contribution is -2.41. The van der Waals surface area contributed by atoms with E-state index in [-0.39, 0.29) is 19.1 Å². The molecule has 0 spiro atoms. The molecule has 7 heteroatoms. The van der Waals surface area contributed by atoms with Gasteiger partial charge in [-0.05, 0) is 18.2 Å². The summed E-state index contributed by atoms with van der Waals surface area (Å²) in [5, 5.41) is 11.0. The van der Waals surface area contributed by atoms with E-state index in [1.165, 1.54) is 4.90 Å². The number of carbonyl (C=O) groups is 1. The van der Waals surface area contributed by atoms with Crippen LogP contribution >= 0.6 is 31.9 Å². The van der Waals surface area contributed by atoms with Crippen LogP contribution in [0, 0.1) is 0 Å². The molecular formula is C17H23Br2NO3Si. The first kappa shape index (κ1) is 19.8. The van der Waals surface area contributed by atoms with Crippen LogP contribution in [-0.4, -0.2) is 32.4 Å². The first-order valence-electron chi connectivity index (χ1n) is 7.82. The maximum absolute atomic E-state index is 12.8. The van der Waals surface area contributed by atoms with E-state index in [1.807, 2.05) is 12.1 Å². The molecule has 1 aliphatic heterocycles. The average molecular weight is 477 g/mol. The van der Waals surface area contributed by atoms with Crippen molar-refractivity contribution >= 4 is 51.5 Å². The molecule has 1 aliphatic rings. The molecule has 0 unspecified atom stereocenters. The summed E-state index contributed by atoms with van der Waals surface area (Å²) in [6.45, 7) is 11.3. The average Bonchev–Trinajstić information content (AvgIpc) is 2.64. The van der Waals surface area contributed by atoms with Gasteiger partial charge in [0.25, 0.3) is 5.91 Å². The zero-order chi connectivity index (χ0) is 18.1. The van der Waals surface area contributed by atoms with Crippen molar-refractivity contribution in [2.24, 2.45) is 0 Å². The number of amides is 1. The molecule has 24 heavy (non-hydrogen) atoms. The molecule has 0 bridgehead atoms. The van der Waals surface area contributed by atoms with Crippen LogP contribution in [0.4, 0.5) is 5.69 Å². The van der Waals surface area contributed by atoms with Crippen molar-refractivity contribution in [3.8, 4) is 0 Å². The summed E-state index contributed by atoms with van der Waals surface area (Å²) < 4.78 is 7.26. The Balaban J connectivity index is 2.28. The molecule has 1 atom stereocenters. The summed E-state index contributed by atoms with van der Waals surface area (Å²) in [5.74, 6) is -0.371. The van der Waals surface area contributed by atoms with E-state index in [9.17, 15) is 9.90 Å². The molecule has 0 radical (unpaired) electrons. The van der Waals surface area contributed by atoms with E-state index >= 15 is 0 Å². The zero-order valence-corrected chi connectivity index (χ0v) is 18.4. The molecule has 0 saturated heterocycles. The molecule has 2 rings (SSSR count). The Morgan fingerprint density at radius 2 is 2.04 bits per heavy atom. The van der Waals surface area contributed by atoms with Crippen molar-refractivity contribution in [2.75, 3.05) is 18.2 Å². The minimum atomic E-state index is -1.60. The Bertz CT molecular complexity index is 660. The van der Waals surface area contributed by atoms with Gasteiger partial charge in [-0.25, -0.2) is 0 Å². The van der Waals surface area contributed by atoms with E-state index in [2.05, 4.69) is 58.1 Å². The van der Waals surface area contributed by atoms with E-state index in [4.69, 9.17) is 4.74 Å². The van der Waals surface area contributed by atoms with Crippen molar-refractivity contribution in [1.29, 1.82) is 0 Å². The summed E-state index contributed by atoms with van der Waals surface area (Å²) in [6.07, 6.45) is 1.72. The second-order valence-corrected chi connectivity index (χ2v) is 14.6. The van der Waals surface area contributed by atoms with Gasteiger partial charge in [0.15, 0.2) is 5.60 Å². The van der Waals surface area contributed by atoms with Gasteiger partial charge in [0.2, 0.25) is 0 Å². The van der Waals surface area contributed by atoms with Gasteiger partial charge < -0.3 is 9.84 Å². The maximum Gasteiger partial charge on any atom is 0.265 e. The Morgan fingerprint density at radius 1 is 1.38 bits per heavy atom. The molecule has 1 N–H and O–H groups in total. The van der Waals surface area contributed by atoms with Crippen LogP contribution in [-0.2, 0) is 15.1 Å². The second-order valence-electron chi connectivity index (χ2n) is 7.22. The first-order valence-corrected chi connectivity index (χ1v) is 13.1. The normalized spacial score (nSPS) is 20.4. The number of hydrogen-bond donors (Lipinski definition) is 1. The van der Waals surface area contributed by atoms with Crippen LogP contribution in [0.2, 0.25) is 25.7 Å². The highest BCUT2D eigenvalue weighted by Gasteiger charge is 2.50. The molecular weight excluding hydrogens is 454 g/mol. The Morgan fingerprint density at radius 3 is 2.62 bits per heavy atom. The first-order chi connectivity index (χ1) is 11.1. The minimum absolute atomic E-state index is 0.138. The monoisotopic (exact) mass is 475 g/mol. The fraction of sp³-hybridized carbons (Fsp3) is 0.471. The summed E-state index contributed by atoms with van der Waals surface area (Å²) in [6, 6.07) is 4.69. The quantitative estimate of drug-likeness (QED) is 0.354. The third kappa shape index (κ3) is 4.02. The van der Waals surface area contributed by atoms with Gasteiger partial charge in [-0.3, -0.25) is 9.69 Å². The standard InChI is InChI=1S/C17H23Br2NO3Si/c1-5-6-17(22)15-13(19)9-12(18)10-14(15)20(16(17)21)11-23-7-8-24(2,3)4/h5,9-10,22H,1,6-8,11H2,2-4H3/t17-/m1/s1. The third-order valence-electron chi connectivity index (χ3n) is 3.99. The minimum Gasteiger partial charge on any atom is -0.375 e. The predicted octanol–water partition coefficient (Wildman–Crippen LogP) is 4.63. The third-order valence-corrected chi connectivity index (χ3v) is 6.78. The fourth-order valence-electron chi connectivity index (χ4n) is 2.68. The molecule has 132 valence electrons. The molecule has 0 aliphatic carbocycles. The highest BCUT2D eigenvalue weighted by atomic mass is 79.9. The van der Waals surface area contributed by atoms with Crippen molar-refractivity contribution < 1.29 is 14.6 Å². The number of ether oxygens (including phenoxy) is 1. The summed E-state index contributed by atoms with van der Waals surface area (Å²) in [4.78, 5) is 14.4. The van der Waals surface area contributed by atoms with Crippen molar-refractivity contribution in [3.63, 3.8) is 0 Å². The number of aliphatic hydroxyl groups is 1. The maximum atomic E-state index is 12.8. The van der Waals surface area contributed by atoms with Gasteiger partial charge in [-0.1, -0.05) is 57.6 Å². The molecule has 1 heterocycles. The summed E-state index contributed by atoms with van der Waals surface area (Å²) in [5.41, 5.74) is -0.360. The van der Waals surface area contributed by atoms with Gasteiger partial charge >= 0.3 is 0 Å². The number of halogens is 2. The second kappa shape index (κ2) is 7.41. The van der Waals surface area contributed by atoms with Crippen LogP contribution in [0.3, 0.4) is 0 Å². The van der Waals surface area contributed by atoms with Crippen LogP contribution in [0.5, 0.6) is 0 Å². The van der Waals surface area contributed by atoms with E-state index in [0.717, 1.165) is 10.5 Å². The number of hydrogen-bond acceptors (Lipinski definition) is 3. The highest BCUT2D eigenvalue weighted by molar-refractivity contribution is 9.11. The Hall–Kier alpha value is -0.473. The van der Waals surface area contributed by atoms with Crippen molar-refractivity contribution in [2.45, 2.75) is 37.7 Å². The fourth-order valence-corrected chi connectivity index (χ4v) is 4.97. The number of benzene rings is 1. The molecule has 1 aromatic rings. The summed E-state index contributed by atoms with van der Waals surface area (Å²) in [7, 11) is -1.19. The van der Waals surface area contributed by atoms with Crippen molar-refractivity contribution in [1.82, 2.24) is 0 Å². The van der Waals surface area contributed by atoms with Crippen LogP contribution in [0.25, 0.3) is 0 Å². The van der Waals surface area contributed by atoms with E-state index < -0.39 is 13.7 Å². The lowest BCUT2D eigenvalue weighted by molar-refractivity contribution is -0.136. The smallest absolute Gasteiger partial charge is 0.265 e. The highest BCUT2D eigenvalue weighted by Crippen LogP contribution is 2.47. The molecule has 1 aromatic carbocycles. The lowest BCUT2D eigenvalue weighted by atomic mass is 9.92. The topological polar surface area (TPSA) is 49.8 Å². The SMILES string of the molecule is C=CC[C@]1(O)C(=O)N(COCC[Si](C)(C)C)c2cc(Br)cc(Br)c21. The number of fused-ring (bicyclic) bond motifs is 1. The van der Waals surface area contributed by atoms with Crippen LogP contribution in [0.15, 0.2) is 33.7 Å². The predicted molar refractivity (Wildman–Crippen MR) is 107 cm³/mol. The number of nitrogens with zero attached hydrogens (tertiary/aromatic N) is 1. The molecule has 0 fully saturated rings. The molecule has 1 amide bonds. The number of carbonyl (C=O) groups excluding carboxylic acids is 1. The van der Waals surface area contributed by atoms with Gasteiger partial charge in [0.1, 0.15) is 6.73 Å². The largest absolute Gasteiger partial charge is 0.375 e. The Labute approximate surface area is 161 Å². The van der Waals surface area contributed by atoms with Gasteiger partial charge in [-0.15, -0.1) is 6.58 Å². The summed E-state index contributed by atoms with van der Waals surface area (Å²) >= 11 is 6.91. The Kier molecular flexibility index (Phi) is 6.13. The van der Waals surface area contributed by atoms with Crippen molar-refractivity contribution in [3.05, 3.63) is 39.3 Å². The van der Waals surface area contributed by atoms with Crippen LogP contribution in [0.1, 0.15) is 12.0 Å². The molecule has 4 nitrogen and oxygen atoms in total. The molecule has 0 saturated carbocycles. The van der Waals surface area contributed by atoms with E-state index in [0.29, 0.717) is 22.3 Å². The van der Waals surface area contributed by atoms with Gasteiger partial charge in [0.05, 0.1) is 5.69 Å².